The van der Waals surface area contributed by atoms with E-state index in [1.54, 1.807) is 6.92 Å². The lowest BCUT2D eigenvalue weighted by atomic mass is 9.75. The second kappa shape index (κ2) is 3.90. The van der Waals surface area contributed by atoms with Crippen LogP contribution in [0.4, 0.5) is 0 Å². The van der Waals surface area contributed by atoms with E-state index in [9.17, 15) is 9.59 Å². The van der Waals surface area contributed by atoms with Crippen LogP contribution in [0.2, 0.25) is 0 Å². The standard InChI is InChI=1S/C10H16O3/c1-6-4-3-5-8(9(6)11)7(2)10(12)13/h6-8H,3-5H2,1-2H3,(H,12,13). The van der Waals surface area contributed by atoms with E-state index < -0.39 is 11.9 Å². The normalized spacial score (nSPS) is 31.4. The van der Waals surface area contributed by atoms with Gasteiger partial charge in [0.15, 0.2) is 0 Å². The molecule has 0 spiro atoms. The SMILES string of the molecule is CC1CCCC(C(C)C(=O)O)C1=O. The molecule has 1 rings (SSSR count). The highest BCUT2D eigenvalue weighted by molar-refractivity contribution is 5.88. The van der Waals surface area contributed by atoms with Gasteiger partial charge in [0.2, 0.25) is 0 Å². The van der Waals surface area contributed by atoms with Crippen LogP contribution in [-0.4, -0.2) is 16.9 Å². The van der Waals surface area contributed by atoms with Gasteiger partial charge >= 0.3 is 5.97 Å². The lowest BCUT2D eigenvalue weighted by molar-refractivity contribution is -0.147. The minimum absolute atomic E-state index is 0.0561. The quantitative estimate of drug-likeness (QED) is 0.710. The van der Waals surface area contributed by atoms with Crippen LogP contribution in [0.15, 0.2) is 0 Å². The van der Waals surface area contributed by atoms with E-state index in [-0.39, 0.29) is 17.6 Å². The molecule has 0 aromatic rings. The molecule has 0 amide bonds. The molecule has 0 saturated heterocycles. The van der Waals surface area contributed by atoms with Gasteiger partial charge in [0.05, 0.1) is 5.92 Å². The van der Waals surface area contributed by atoms with Gasteiger partial charge in [-0.1, -0.05) is 20.3 Å². The smallest absolute Gasteiger partial charge is 0.306 e. The highest BCUT2D eigenvalue weighted by atomic mass is 16.4. The van der Waals surface area contributed by atoms with Gasteiger partial charge in [-0.15, -0.1) is 0 Å². The summed E-state index contributed by atoms with van der Waals surface area (Å²) in [6.07, 6.45) is 2.65. The molecule has 74 valence electrons. The highest BCUT2D eigenvalue weighted by Crippen LogP contribution is 2.30. The maximum absolute atomic E-state index is 11.6. The Morgan fingerprint density at radius 2 is 2.15 bits per heavy atom. The van der Waals surface area contributed by atoms with E-state index in [1.807, 2.05) is 6.92 Å². The van der Waals surface area contributed by atoms with Crippen LogP contribution in [-0.2, 0) is 9.59 Å². The Labute approximate surface area is 78.1 Å². The van der Waals surface area contributed by atoms with Gasteiger partial charge in [0, 0.05) is 11.8 Å². The van der Waals surface area contributed by atoms with Crippen LogP contribution in [0, 0.1) is 17.8 Å². The number of carbonyl (C=O) groups is 2. The van der Waals surface area contributed by atoms with Crippen LogP contribution in [0.1, 0.15) is 33.1 Å². The summed E-state index contributed by atoms with van der Waals surface area (Å²) in [4.78, 5) is 22.3. The number of carboxylic acids is 1. The Balaban J connectivity index is 2.68. The number of ketones is 1. The largest absolute Gasteiger partial charge is 0.481 e. The fourth-order valence-electron chi connectivity index (χ4n) is 1.96. The fourth-order valence-corrected chi connectivity index (χ4v) is 1.96. The summed E-state index contributed by atoms with van der Waals surface area (Å²) in [5, 5.41) is 8.79. The van der Waals surface area contributed by atoms with Gasteiger partial charge in [0.25, 0.3) is 0 Å². The Morgan fingerprint density at radius 3 is 2.69 bits per heavy atom. The Hall–Kier alpha value is -0.860. The van der Waals surface area contributed by atoms with Crippen molar-refractivity contribution in [2.24, 2.45) is 17.8 Å². The molecule has 3 nitrogen and oxygen atoms in total. The number of Topliss-reactive ketones (excluding diaryl/α,β-unsaturated/α-hetero) is 1. The predicted octanol–water partition coefficient (Wildman–Crippen LogP) is 1.71. The second-order valence-electron chi connectivity index (χ2n) is 3.97. The average molecular weight is 184 g/mol. The first-order chi connectivity index (χ1) is 6.04. The first-order valence-corrected chi connectivity index (χ1v) is 4.80. The van der Waals surface area contributed by atoms with Crippen molar-refractivity contribution < 1.29 is 14.7 Å². The van der Waals surface area contributed by atoms with Crippen LogP contribution < -0.4 is 0 Å². The van der Waals surface area contributed by atoms with Crippen LogP contribution >= 0.6 is 0 Å². The topological polar surface area (TPSA) is 54.4 Å². The second-order valence-corrected chi connectivity index (χ2v) is 3.97. The van der Waals surface area contributed by atoms with Crippen molar-refractivity contribution in [2.45, 2.75) is 33.1 Å². The zero-order chi connectivity index (χ0) is 10.0. The van der Waals surface area contributed by atoms with Crippen molar-refractivity contribution in [3.63, 3.8) is 0 Å². The minimum Gasteiger partial charge on any atom is -0.481 e. The third kappa shape index (κ3) is 2.08. The van der Waals surface area contributed by atoms with Gasteiger partial charge in [-0.25, -0.2) is 0 Å². The van der Waals surface area contributed by atoms with Gasteiger partial charge < -0.3 is 5.11 Å². The van der Waals surface area contributed by atoms with Gasteiger partial charge in [-0.05, 0) is 12.8 Å². The van der Waals surface area contributed by atoms with Crippen LogP contribution in [0.3, 0.4) is 0 Å². The molecule has 0 radical (unpaired) electrons. The molecule has 0 aliphatic heterocycles. The van der Waals surface area contributed by atoms with Crippen LogP contribution in [0.5, 0.6) is 0 Å². The number of hydrogen-bond acceptors (Lipinski definition) is 2. The molecule has 1 N–H and O–H groups in total. The molecule has 1 aliphatic carbocycles. The summed E-state index contributed by atoms with van der Waals surface area (Å²) in [6.45, 7) is 3.52. The highest BCUT2D eigenvalue weighted by Gasteiger charge is 2.34. The summed E-state index contributed by atoms with van der Waals surface area (Å²) >= 11 is 0. The average Bonchev–Trinajstić information content (AvgIpc) is 2.08. The van der Waals surface area contributed by atoms with Gasteiger partial charge in [-0.2, -0.15) is 0 Å². The molecule has 0 bridgehead atoms. The van der Waals surface area contributed by atoms with E-state index in [0.717, 1.165) is 19.3 Å². The molecule has 1 aliphatic rings. The van der Waals surface area contributed by atoms with E-state index in [0.29, 0.717) is 0 Å². The van der Waals surface area contributed by atoms with Crippen molar-refractivity contribution in [1.29, 1.82) is 0 Å². The number of rotatable bonds is 2. The third-order valence-electron chi connectivity index (χ3n) is 3.00. The number of carbonyl (C=O) groups excluding carboxylic acids is 1. The molecule has 0 aromatic carbocycles. The van der Waals surface area contributed by atoms with Crippen molar-refractivity contribution in [3.05, 3.63) is 0 Å². The first-order valence-electron chi connectivity index (χ1n) is 4.80. The molecule has 3 atom stereocenters. The van der Waals surface area contributed by atoms with Gasteiger partial charge in [0.1, 0.15) is 5.78 Å². The zero-order valence-electron chi connectivity index (χ0n) is 8.12. The molecule has 3 heteroatoms. The monoisotopic (exact) mass is 184 g/mol. The molecular weight excluding hydrogens is 168 g/mol. The third-order valence-corrected chi connectivity index (χ3v) is 3.00. The molecule has 1 fully saturated rings. The maximum atomic E-state index is 11.6. The predicted molar refractivity (Wildman–Crippen MR) is 48.3 cm³/mol. The summed E-state index contributed by atoms with van der Waals surface area (Å²) in [7, 11) is 0. The number of carboxylic acid groups (broad SMARTS) is 1. The Bertz CT molecular complexity index is 222. The molecular formula is C10H16O3. The lowest BCUT2D eigenvalue weighted by Gasteiger charge is -2.27. The van der Waals surface area contributed by atoms with Crippen LogP contribution in [0.25, 0.3) is 0 Å². The molecule has 1 saturated carbocycles. The van der Waals surface area contributed by atoms with E-state index in [4.69, 9.17) is 5.11 Å². The molecule has 0 aromatic heterocycles. The summed E-state index contributed by atoms with van der Waals surface area (Å²) in [6, 6.07) is 0. The molecule has 3 unspecified atom stereocenters. The summed E-state index contributed by atoms with van der Waals surface area (Å²) in [5.74, 6) is -1.43. The van der Waals surface area contributed by atoms with E-state index in [2.05, 4.69) is 0 Å². The Morgan fingerprint density at radius 1 is 1.54 bits per heavy atom. The zero-order valence-corrected chi connectivity index (χ0v) is 8.12. The van der Waals surface area contributed by atoms with E-state index >= 15 is 0 Å². The summed E-state index contributed by atoms with van der Waals surface area (Å²) in [5.41, 5.74) is 0. The number of aliphatic carboxylic acids is 1. The van der Waals surface area contributed by atoms with Crippen molar-refractivity contribution >= 4 is 11.8 Å². The van der Waals surface area contributed by atoms with E-state index in [1.165, 1.54) is 0 Å². The summed E-state index contributed by atoms with van der Waals surface area (Å²) < 4.78 is 0. The fraction of sp³-hybridized carbons (Fsp3) is 0.800. The Kier molecular flexibility index (Phi) is 3.07. The van der Waals surface area contributed by atoms with Gasteiger partial charge in [-0.3, -0.25) is 9.59 Å². The van der Waals surface area contributed by atoms with Crippen molar-refractivity contribution in [3.8, 4) is 0 Å². The number of hydrogen-bond donors (Lipinski definition) is 1. The molecule has 13 heavy (non-hydrogen) atoms. The van der Waals surface area contributed by atoms with Crippen molar-refractivity contribution in [1.82, 2.24) is 0 Å². The lowest BCUT2D eigenvalue weighted by Crippen LogP contribution is -2.34. The molecule has 0 heterocycles. The first kappa shape index (κ1) is 10.2. The minimum atomic E-state index is -0.854. The van der Waals surface area contributed by atoms with Crippen molar-refractivity contribution in [2.75, 3.05) is 0 Å². The maximum Gasteiger partial charge on any atom is 0.306 e.